The molecule has 0 aromatic carbocycles. The lowest BCUT2D eigenvalue weighted by molar-refractivity contribution is -0.142. The molecule has 0 radical (unpaired) electrons. The van der Waals surface area contributed by atoms with Crippen LogP contribution in [0.3, 0.4) is 0 Å². The Morgan fingerprint density at radius 2 is 2.30 bits per heavy atom. The molecule has 2 rings (SSSR count). The summed E-state index contributed by atoms with van der Waals surface area (Å²) in [6.45, 7) is 2.19. The summed E-state index contributed by atoms with van der Waals surface area (Å²) in [7, 11) is 1.83. The maximum absolute atomic E-state index is 11.3. The second-order valence-corrected chi connectivity index (χ2v) is 6.04. The maximum Gasteiger partial charge on any atom is 0.306 e. The first-order chi connectivity index (χ1) is 11.1. The van der Waals surface area contributed by atoms with E-state index in [1.807, 2.05) is 19.3 Å². The van der Waals surface area contributed by atoms with Gasteiger partial charge < -0.3 is 4.74 Å². The van der Waals surface area contributed by atoms with Crippen LogP contribution < -0.4 is 0 Å². The number of halogens is 1. The highest BCUT2D eigenvalue weighted by Gasteiger charge is 2.08. The second-order valence-electron chi connectivity index (χ2n) is 4.53. The van der Waals surface area contributed by atoms with Crippen molar-refractivity contribution in [2.45, 2.75) is 18.2 Å². The van der Waals surface area contributed by atoms with Gasteiger partial charge in [-0.15, -0.1) is 11.8 Å². The van der Waals surface area contributed by atoms with Gasteiger partial charge in [0.15, 0.2) is 0 Å². The average molecular weight is 350 g/mol. The third-order valence-corrected chi connectivity index (χ3v) is 4.31. The molecule has 120 valence electrons. The average Bonchev–Trinajstić information content (AvgIpc) is 2.93. The molecule has 0 amide bonds. The fourth-order valence-electron chi connectivity index (χ4n) is 1.72. The van der Waals surface area contributed by atoms with Gasteiger partial charge in [-0.2, -0.15) is 5.10 Å². The van der Waals surface area contributed by atoms with E-state index in [0.29, 0.717) is 29.5 Å². The van der Waals surface area contributed by atoms with Gasteiger partial charge in [0.05, 0.1) is 29.8 Å². The highest BCUT2D eigenvalue weighted by molar-refractivity contribution is 7.99. The minimum atomic E-state index is -0.207. The molecule has 0 bridgehead atoms. The SMILES string of the molecule is CCOC(=O)CCSc1ccnc(C#Cc2cnn(C)c2)c1Cl. The van der Waals surface area contributed by atoms with Crippen LogP contribution in [-0.4, -0.2) is 33.1 Å². The van der Waals surface area contributed by atoms with Crippen LogP contribution in [0.2, 0.25) is 5.02 Å². The fraction of sp³-hybridized carbons (Fsp3) is 0.312. The number of hydrogen-bond donors (Lipinski definition) is 0. The van der Waals surface area contributed by atoms with E-state index >= 15 is 0 Å². The molecule has 0 fully saturated rings. The summed E-state index contributed by atoms with van der Waals surface area (Å²) in [5.41, 5.74) is 1.31. The zero-order valence-electron chi connectivity index (χ0n) is 12.9. The first kappa shape index (κ1) is 17.4. The lowest BCUT2D eigenvalue weighted by atomic mass is 10.3. The fourth-order valence-corrected chi connectivity index (χ4v) is 2.91. The van der Waals surface area contributed by atoms with E-state index in [9.17, 15) is 4.79 Å². The summed E-state index contributed by atoms with van der Waals surface area (Å²) < 4.78 is 6.58. The summed E-state index contributed by atoms with van der Waals surface area (Å²) in [4.78, 5) is 16.4. The predicted molar refractivity (Wildman–Crippen MR) is 90.4 cm³/mol. The number of rotatable bonds is 5. The van der Waals surface area contributed by atoms with E-state index < -0.39 is 0 Å². The Hall–Kier alpha value is -1.97. The number of esters is 1. The molecule has 0 spiro atoms. The van der Waals surface area contributed by atoms with E-state index in [4.69, 9.17) is 16.3 Å². The van der Waals surface area contributed by atoms with Gasteiger partial charge in [-0.05, 0) is 18.9 Å². The molecular weight excluding hydrogens is 334 g/mol. The summed E-state index contributed by atoms with van der Waals surface area (Å²) >= 11 is 7.82. The van der Waals surface area contributed by atoms with Gasteiger partial charge in [0.2, 0.25) is 0 Å². The zero-order chi connectivity index (χ0) is 16.7. The van der Waals surface area contributed by atoms with Crippen molar-refractivity contribution in [3.8, 4) is 11.8 Å². The van der Waals surface area contributed by atoms with E-state index in [2.05, 4.69) is 21.9 Å². The van der Waals surface area contributed by atoms with Gasteiger partial charge in [-0.1, -0.05) is 17.5 Å². The molecule has 0 aliphatic rings. The number of carbonyl (C=O) groups excluding carboxylic acids is 1. The smallest absolute Gasteiger partial charge is 0.306 e. The van der Waals surface area contributed by atoms with Gasteiger partial charge in [0, 0.05) is 30.1 Å². The highest BCUT2D eigenvalue weighted by Crippen LogP contribution is 2.29. The van der Waals surface area contributed by atoms with Crippen LogP contribution in [-0.2, 0) is 16.6 Å². The minimum Gasteiger partial charge on any atom is -0.466 e. The summed E-state index contributed by atoms with van der Waals surface area (Å²) in [5.74, 6) is 6.32. The maximum atomic E-state index is 11.3. The number of nitrogens with zero attached hydrogens (tertiary/aromatic N) is 3. The van der Waals surface area contributed by atoms with Crippen molar-refractivity contribution in [3.63, 3.8) is 0 Å². The summed E-state index contributed by atoms with van der Waals surface area (Å²) in [6.07, 6.45) is 5.50. The first-order valence-corrected chi connectivity index (χ1v) is 8.40. The van der Waals surface area contributed by atoms with Crippen LogP contribution in [0.15, 0.2) is 29.6 Å². The van der Waals surface area contributed by atoms with Crippen LogP contribution in [0.25, 0.3) is 0 Å². The standard InChI is InChI=1S/C16H16ClN3O2S/c1-3-22-15(21)7-9-23-14-6-8-18-13(16(14)17)5-4-12-10-19-20(2)11-12/h6,8,10-11H,3,7,9H2,1-2H3. The Bertz CT molecular complexity index is 749. The van der Waals surface area contributed by atoms with Crippen molar-refractivity contribution < 1.29 is 9.53 Å². The number of ether oxygens (including phenoxy) is 1. The molecule has 0 aliphatic heterocycles. The minimum absolute atomic E-state index is 0.207. The van der Waals surface area contributed by atoms with Crippen molar-refractivity contribution in [1.29, 1.82) is 0 Å². The number of aryl methyl sites for hydroxylation is 1. The van der Waals surface area contributed by atoms with Gasteiger partial charge in [-0.3, -0.25) is 9.48 Å². The molecule has 0 saturated heterocycles. The van der Waals surface area contributed by atoms with Crippen LogP contribution in [0.4, 0.5) is 0 Å². The number of aromatic nitrogens is 3. The van der Waals surface area contributed by atoms with Crippen molar-refractivity contribution in [3.05, 3.63) is 40.9 Å². The summed E-state index contributed by atoms with van der Waals surface area (Å²) in [6, 6.07) is 1.81. The van der Waals surface area contributed by atoms with Crippen molar-refractivity contribution in [2.75, 3.05) is 12.4 Å². The molecule has 2 aromatic heterocycles. The Morgan fingerprint density at radius 1 is 1.48 bits per heavy atom. The number of thioether (sulfide) groups is 1. The molecule has 0 atom stereocenters. The van der Waals surface area contributed by atoms with Crippen LogP contribution in [0.1, 0.15) is 24.6 Å². The topological polar surface area (TPSA) is 57.0 Å². The number of carbonyl (C=O) groups is 1. The molecule has 0 N–H and O–H groups in total. The van der Waals surface area contributed by atoms with Gasteiger partial charge in [0.25, 0.3) is 0 Å². The Labute approximate surface area is 144 Å². The molecule has 7 heteroatoms. The first-order valence-electron chi connectivity index (χ1n) is 7.03. The van der Waals surface area contributed by atoms with Crippen LogP contribution in [0, 0.1) is 11.8 Å². The van der Waals surface area contributed by atoms with Crippen molar-refractivity contribution in [1.82, 2.24) is 14.8 Å². The van der Waals surface area contributed by atoms with Crippen LogP contribution in [0.5, 0.6) is 0 Å². The van der Waals surface area contributed by atoms with E-state index in [1.54, 1.807) is 24.0 Å². The zero-order valence-corrected chi connectivity index (χ0v) is 14.4. The third kappa shape index (κ3) is 5.31. The Kier molecular flexibility index (Phi) is 6.51. The molecule has 2 aromatic rings. The quantitative estimate of drug-likeness (QED) is 0.472. The molecule has 0 saturated carbocycles. The third-order valence-electron chi connectivity index (χ3n) is 2.75. The number of pyridine rings is 1. The van der Waals surface area contributed by atoms with E-state index in [1.165, 1.54) is 11.8 Å². The number of hydrogen-bond acceptors (Lipinski definition) is 5. The molecular formula is C16H16ClN3O2S. The Morgan fingerprint density at radius 3 is 3.00 bits per heavy atom. The molecule has 5 nitrogen and oxygen atoms in total. The second kappa shape index (κ2) is 8.61. The van der Waals surface area contributed by atoms with E-state index in [0.717, 1.165) is 10.5 Å². The van der Waals surface area contributed by atoms with Gasteiger partial charge in [-0.25, -0.2) is 4.98 Å². The lowest BCUT2D eigenvalue weighted by Crippen LogP contribution is -2.04. The van der Waals surface area contributed by atoms with Crippen LogP contribution >= 0.6 is 23.4 Å². The molecule has 0 unspecified atom stereocenters. The van der Waals surface area contributed by atoms with E-state index in [-0.39, 0.29) is 5.97 Å². The van der Waals surface area contributed by atoms with Crippen molar-refractivity contribution in [2.24, 2.45) is 7.05 Å². The molecule has 23 heavy (non-hydrogen) atoms. The lowest BCUT2D eigenvalue weighted by Gasteiger charge is -2.05. The predicted octanol–water partition coefficient (Wildman–Crippen LogP) is 2.91. The molecule has 2 heterocycles. The normalized spacial score (nSPS) is 10.0. The van der Waals surface area contributed by atoms with Crippen molar-refractivity contribution >= 4 is 29.3 Å². The monoisotopic (exact) mass is 349 g/mol. The Balaban J connectivity index is 2.03. The van der Waals surface area contributed by atoms with Gasteiger partial charge in [0.1, 0.15) is 5.69 Å². The highest BCUT2D eigenvalue weighted by atomic mass is 35.5. The largest absolute Gasteiger partial charge is 0.466 e. The van der Waals surface area contributed by atoms with Gasteiger partial charge >= 0.3 is 5.97 Å². The molecule has 0 aliphatic carbocycles. The summed E-state index contributed by atoms with van der Waals surface area (Å²) in [5, 5.41) is 4.55.